The molecular formula is C9H13NOS. The molecule has 1 aromatic carbocycles. The van der Waals surface area contributed by atoms with Crippen LogP contribution in [0, 0.1) is 6.92 Å². The minimum absolute atomic E-state index is 0.207. The van der Waals surface area contributed by atoms with Crippen LogP contribution in [0.1, 0.15) is 5.56 Å². The molecule has 0 spiro atoms. The Morgan fingerprint density at radius 1 is 1.50 bits per heavy atom. The Kier molecular flexibility index (Phi) is 3.44. The second-order valence-corrected chi connectivity index (χ2v) is 3.73. The van der Waals surface area contributed by atoms with Gasteiger partial charge in [-0.2, -0.15) is 0 Å². The van der Waals surface area contributed by atoms with Gasteiger partial charge in [-0.1, -0.05) is 6.07 Å². The Hall–Kier alpha value is -0.670. The molecule has 0 bridgehead atoms. The third kappa shape index (κ3) is 2.43. The molecule has 1 rings (SSSR count). The van der Waals surface area contributed by atoms with E-state index in [0.29, 0.717) is 0 Å². The van der Waals surface area contributed by atoms with Crippen LogP contribution in [0.25, 0.3) is 0 Å². The van der Waals surface area contributed by atoms with Gasteiger partial charge in [0.25, 0.3) is 0 Å². The summed E-state index contributed by atoms with van der Waals surface area (Å²) < 4.78 is 0. The monoisotopic (exact) mass is 183 g/mol. The van der Waals surface area contributed by atoms with Crippen molar-refractivity contribution in [1.29, 1.82) is 0 Å². The first-order chi connectivity index (χ1) is 5.74. The van der Waals surface area contributed by atoms with Crippen LogP contribution in [0.2, 0.25) is 0 Å². The number of benzene rings is 1. The number of aliphatic hydroxyl groups excluding tert-OH is 1. The molecule has 0 atom stereocenters. The zero-order valence-electron chi connectivity index (χ0n) is 7.08. The molecule has 0 radical (unpaired) electrons. The number of anilines is 1. The van der Waals surface area contributed by atoms with Gasteiger partial charge in [0.2, 0.25) is 0 Å². The lowest BCUT2D eigenvalue weighted by atomic mass is 10.2. The maximum Gasteiger partial charge on any atom is 0.0525 e. The van der Waals surface area contributed by atoms with E-state index in [2.05, 4.69) is 0 Å². The van der Waals surface area contributed by atoms with E-state index in [1.165, 1.54) is 5.56 Å². The average molecular weight is 183 g/mol. The molecule has 0 heterocycles. The topological polar surface area (TPSA) is 46.2 Å². The summed E-state index contributed by atoms with van der Waals surface area (Å²) in [4.78, 5) is 1.16. The molecule has 0 saturated heterocycles. The van der Waals surface area contributed by atoms with Crippen molar-refractivity contribution in [2.24, 2.45) is 0 Å². The zero-order valence-corrected chi connectivity index (χ0v) is 7.90. The summed E-state index contributed by atoms with van der Waals surface area (Å²) in [6.07, 6.45) is 0. The van der Waals surface area contributed by atoms with Gasteiger partial charge in [0, 0.05) is 16.3 Å². The van der Waals surface area contributed by atoms with Crippen molar-refractivity contribution < 1.29 is 5.11 Å². The zero-order chi connectivity index (χ0) is 8.97. The van der Waals surface area contributed by atoms with Crippen LogP contribution in [-0.2, 0) is 0 Å². The number of aryl methyl sites for hydroxylation is 1. The summed E-state index contributed by atoms with van der Waals surface area (Å²) in [5.74, 6) is 0.726. The first kappa shape index (κ1) is 9.42. The highest BCUT2D eigenvalue weighted by molar-refractivity contribution is 7.99. The lowest BCUT2D eigenvalue weighted by molar-refractivity contribution is 0.322. The van der Waals surface area contributed by atoms with Crippen molar-refractivity contribution >= 4 is 17.4 Å². The van der Waals surface area contributed by atoms with Gasteiger partial charge in [0.05, 0.1) is 6.61 Å². The van der Waals surface area contributed by atoms with Gasteiger partial charge in [-0.25, -0.2) is 0 Å². The summed E-state index contributed by atoms with van der Waals surface area (Å²) in [6, 6.07) is 5.82. The van der Waals surface area contributed by atoms with E-state index >= 15 is 0 Å². The van der Waals surface area contributed by atoms with E-state index in [9.17, 15) is 0 Å². The van der Waals surface area contributed by atoms with Crippen molar-refractivity contribution in [3.63, 3.8) is 0 Å². The van der Waals surface area contributed by atoms with Gasteiger partial charge in [0.15, 0.2) is 0 Å². The van der Waals surface area contributed by atoms with E-state index < -0.39 is 0 Å². The normalized spacial score (nSPS) is 10.2. The molecule has 0 aliphatic rings. The summed E-state index contributed by atoms with van der Waals surface area (Å²) in [5.41, 5.74) is 7.61. The number of aliphatic hydroxyl groups is 1. The van der Waals surface area contributed by atoms with Crippen LogP contribution in [0.5, 0.6) is 0 Å². The maximum atomic E-state index is 8.64. The highest BCUT2D eigenvalue weighted by Crippen LogP contribution is 2.23. The quantitative estimate of drug-likeness (QED) is 0.553. The fourth-order valence-corrected chi connectivity index (χ4v) is 1.75. The van der Waals surface area contributed by atoms with Crippen LogP contribution < -0.4 is 5.73 Å². The molecule has 3 heteroatoms. The molecule has 0 unspecified atom stereocenters. The van der Waals surface area contributed by atoms with E-state index in [0.717, 1.165) is 16.3 Å². The highest BCUT2D eigenvalue weighted by Gasteiger charge is 1.98. The van der Waals surface area contributed by atoms with Crippen LogP contribution in [0.15, 0.2) is 23.1 Å². The Morgan fingerprint density at radius 2 is 2.25 bits per heavy atom. The van der Waals surface area contributed by atoms with Crippen molar-refractivity contribution in [2.75, 3.05) is 18.1 Å². The molecule has 0 aromatic heterocycles. The smallest absolute Gasteiger partial charge is 0.0525 e. The van der Waals surface area contributed by atoms with E-state index in [4.69, 9.17) is 10.8 Å². The standard InChI is InChI=1S/C9H13NOS/c1-7-2-3-8(10)6-9(7)12-5-4-11/h2-3,6,11H,4-5,10H2,1H3. The third-order valence-corrected chi connectivity index (χ3v) is 2.70. The summed E-state index contributed by atoms with van der Waals surface area (Å²) in [7, 11) is 0. The van der Waals surface area contributed by atoms with Gasteiger partial charge in [-0.05, 0) is 24.6 Å². The lowest BCUT2D eigenvalue weighted by Crippen LogP contribution is -1.90. The number of thioether (sulfide) groups is 1. The van der Waals surface area contributed by atoms with Crippen molar-refractivity contribution in [3.8, 4) is 0 Å². The molecule has 12 heavy (non-hydrogen) atoms. The number of nitrogen functional groups attached to an aromatic ring is 1. The minimum Gasteiger partial charge on any atom is -0.399 e. The van der Waals surface area contributed by atoms with Crippen LogP contribution in [-0.4, -0.2) is 17.5 Å². The Morgan fingerprint density at radius 3 is 2.92 bits per heavy atom. The predicted octanol–water partition coefficient (Wildman–Crippen LogP) is 1.66. The molecule has 66 valence electrons. The molecule has 3 N–H and O–H groups in total. The number of nitrogens with two attached hydrogens (primary N) is 1. The highest BCUT2D eigenvalue weighted by atomic mass is 32.2. The van der Waals surface area contributed by atoms with Gasteiger partial charge in [-0.3, -0.25) is 0 Å². The Balaban J connectivity index is 2.75. The van der Waals surface area contributed by atoms with Gasteiger partial charge in [0.1, 0.15) is 0 Å². The molecular weight excluding hydrogens is 170 g/mol. The molecule has 0 saturated carbocycles. The van der Waals surface area contributed by atoms with E-state index in [-0.39, 0.29) is 6.61 Å². The molecule has 0 aliphatic carbocycles. The van der Waals surface area contributed by atoms with Gasteiger partial charge < -0.3 is 10.8 Å². The number of hydrogen-bond donors (Lipinski definition) is 2. The third-order valence-electron chi connectivity index (χ3n) is 1.56. The molecule has 0 fully saturated rings. The fraction of sp³-hybridized carbons (Fsp3) is 0.333. The first-order valence-corrected chi connectivity index (χ1v) is 4.82. The predicted molar refractivity (Wildman–Crippen MR) is 53.4 cm³/mol. The molecule has 0 amide bonds. The van der Waals surface area contributed by atoms with Crippen molar-refractivity contribution in [2.45, 2.75) is 11.8 Å². The minimum atomic E-state index is 0.207. The number of hydrogen-bond acceptors (Lipinski definition) is 3. The Labute approximate surface area is 76.8 Å². The maximum absolute atomic E-state index is 8.64. The summed E-state index contributed by atoms with van der Waals surface area (Å²) in [6.45, 7) is 2.25. The van der Waals surface area contributed by atoms with Crippen LogP contribution in [0.3, 0.4) is 0 Å². The first-order valence-electron chi connectivity index (χ1n) is 3.84. The van der Waals surface area contributed by atoms with Crippen molar-refractivity contribution in [3.05, 3.63) is 23.8 Å². The fourth-order valence-electron chi connectivity index (χ4n) is 0.928. The largest absolute Gasteiger partial charge is 0.399 e. The molecule has 2 nitrogen and oxygen atoms in total. The SMILES string of the molecule is Cc1ccc(N)cc1SCCO. The Bertz CT molecular complexity index is 263. The van der Waals surface area contributed by atoms with Crippen LogP contribution in [0.4, 0.5) is 5.69 Å². The summed E-state index contributed by atoms with van der Waals surface area (Å²) >= 11 is 1.63. The van der Waals surface area contributed by atoms with Crippen LogP contribution >= 0.6 is 11.8 Å². The van der Waals surface area contributed by atoms with Crippen molar-refractivity contribution in [1.82, 2.24) is 0 Å². The summed E-state index contributed by atoms with van der Waals surface area (Å²) in [5, 5.41) is 8.64. The molecule has 1 aromatic rings. The average Bonchev–Trinajstić information content (AvgIpc) is 2.07. The lowest BCUT2D eigenvalue weighted by Gasteiger charge is -2.04. The molecule has 0 aliphatic heterocycles. The van der Waals surface area contributed by atoms with Gasteiger partial charge in [-0.15, -0.1) is 11.8 Å². The van der Waals surface area contributed by atoms with Gasteiger partial charge >= 0.3 is 0 Å². The second kappa shape index (κ2) is 4.38. The van der Waals surface area contributed by atoms with E-state index in [1.54, 1.807) is 11.8 Å². The van der Waals surface area contributed by atoms with E-state index in [1.807, 2.05) is 25.1 Å². The second-order valence-electron chi connectivity index (χ2n) is 2.60. The number of rotatable bonds is 3.